The molecule has 0 unspecified atom stereocenters. The van der Waals surface area contributed by atoms with E-state index >= 15 is 0 Å². The zero-order valence-electron chi connectivity index (χ0n) is 52.9. The summed E-state index contributed by atoms with van der Waals surface area (Å²) in [5.41, 5.74) is 22.2. The fraction of sp³-hybridized carbons (Fsp3) is 0.156. The number of furan rings is 2. The van der Waals surface area contributed by atoms with E-state index in [4.69, 9.17) is 8.83 Å². The summed E-state index contributed by atoms with van der Waals surface area (Å²) in [5, 5.41) is 11.7. The van der Waals surface area contributed by atoms with E-state index in [1.54, 1.807) is 0 Å². The van der Waals surface area contributed by atoms with Gasteiger partial charge in [0.05, 0.1) is 34.1 Å². The zero-order chi connectivity index (χ0) is 62.1. The van der Waals surface area contributed by atoms with Crippen LogP contribution in [0.15, 0.2) is 288 Å². The number of fused-ring (bicyclic) bond motifs is 6. The smallest absolute Gasteiger partial charge is 0.159 e. The molecule has 2 heterocycles. The highest BCUT2D eigenvalue weighted by molar-refractivity contribution is 6.29. The lowest BCUT2D eigenvalue weighted by molar-refractivity contribution is 0.442. The third kappa shape index (κ3) is 9.64. The Labute approximate surface area is 549 Å². The van der Waals surface area contributed by atoms with Crippen molar-refractivity contribution in [1.82, 2.24) is 0 Å². The largest absolute Gasteiger partial charge is 0.454 e. The number of nitrogens with zero attached hydrogens (tertiary/aromatic N) is 2. The highest BCUT2D eigenvalue weighted by Crippen LogP contribution is 2.54. The van der Waals surface area contributed by atoms with Crippen LogP contribution in [0.1, 0.15) is 106 Å². The average Bonchev–Trinajstić information content (AvgIpc) is 0.944. The van der Waals surface area contributed by atoms with E-state index in [-0.39, 0.29) is 0 Å². The van der Waals surface area contributed by atoms with E-state index in [1.807, 2.05) is 0 Å². The number of benzene rings is 13. The van der Waals surface area contributed by atoms with E-state index < -0.39 is 0 Å². The average molecular weight is 1210 g/mol. The third-order valence-corrected chi connectivity index (χ3v) is 21.1. The maximum absolute atomic E-state index is 7.55. The Morgan fingerprint density at radius 3 is 1.22 bits per heavy atom. The molecule has 3 aliphatic rings. The van der Waals surface area contributed by atoms with Crippen LogP contribution >= 0.6 is 0 Å². The molecule has 454 valence electrons. The van der Waals surface area contributed by atoms with E-state index in [1.165, 1.54) is 142 Å². The molecule has 0 N–H and O–H groups in total. The molecule has 18 rings (SSSR count). The van der Waals surface area contributed by atoms with E-state index in [9.17, 15) is 0 Å². The minimum Gasteiger partial charge on any atom is -0.454 e. The van der Waals surface area contributed by atoms with E-state index in [2.05, 4.69) is 289 Å². The molecule has 3 aliphatic carbocycles. The van der Waals surface area contributed by atoms with Crippen LogP contribution in [0, 0.1) is 0 Å². The van der Waals surface area contributed by atoms with Gasteiger partial charge in [-0.1, -0.05) is 276 Å². The maximum atomic E-state index is 7.55. The Kier molecular flexibility index (Phi) is 14.2. The van der Waals surface area contributed by atoms with Crippen molar-refractivity contribution in [1.29, 1.82) is 0 Å². The molecule has 0 saturated heterocycles. The highest BCUT2D eigenvalue weighted by Gasteiger charge is 2.31. The van der Waals surface area contributed by atoms with Crippen molar-refractivity contribution in [2.75, 3.05) is 9.80 Å². The molecule has 0 bridgehead atoms. The predicted molar refractivity (Wildman–Crippen MR) is 398 cm³/mol. The highest BCUT2D eigenvalue weighted by atomic mass is 16.3. The van der Waals surface area contributed by atoms with Crippen LogP contribution in [0.25, 0.3) is 115 Å². The molecule has 15 aromatic rings. The van der Waals surface area contributed by atoms with Gasteiger partial charge in [-0.2, -0.15) is 0 Å². The van der Waals surface area contributed by atoms with Crippen molar-refractivity contribution in [2.24, 2.45) is 0 Å². The van der Waals surface area contributed by atoms with Gasteiger partial charge in [0.2, 0.25) is 0 Å². The first-order chi connectivity index (χ1) is 46.7. The summed E-state index contributed by atoms with van der Waals surface area (Å²) in [6, 6.07) is 93.1. The van der Waals surface area contributed by atoms with Crippen LogP contribution in [-0.2, 0) is 0 Å². The van der Waals surface area contributed by atoms with Crippen LogP contribution in [0.2, 0.25) is 0 Å². The lowest BCUT2D eigenvalue weighted by Gasteiger charge is -2.31. The van der Waals surface area contributed by atoms with Crippen LogP contribution in [-0.4, -0.2) is 0 Å². The second kappa shape index (κ2) is 23.8. The second-order valence-electron chi connectivity index (χ2n) is 26.5. The zero-order valence-corrected chi connectivity index (χ0v) is 52.9. The van der Waals surface area contributed by atoms with Gasteiger partial charge in [-0.3, -0.25) is 0 Å². The van der Waals surface area contributed by atoms with Crippen LogP contribution in [0.5, 0.6) is 0 Å². The van der Waals surface area contributed by atoms with Crippen molar-refractivity contribution in [3.05, 3.63) is 296 Å². The normalized spacial score (nSPS) is 15.0. The number of hydrogen-bond acceptors (Lipinski definition) is 4. The van der Waals surface area contributed by atoms with Gasteiger partial charge in [0.1, 0.15) is 11.2 Å². The van der Waals surface area contributed by atoms with E-state index in [0.29, 0.717) is 11.8 Å². The van der Waals surface area contributed by atoms with Gasteiger partial charge in [-0.25, -0.2) is 0 Å². The summed E-state index contributed by atoms with van der Waals surface area (Å²) in [7, 11) is 0. The number of para-hydroxylation sites is 4. The van der Waals surface area contributed by atoms with Crippen LogP contribution in [0.3, 0.4) is 0 Å². The van der Waals surface area contributed by atoms with Crippen molar-refractivity contribution in [2.45, 2.75) is 88.9 Å². The Balaban J connectivity index is 0.902. The van der Waals surface area contributed by atoms with E-state index in [0.717, 1.165) is 101 Å². The van der Waals surface area contributed by atoms with Gasteiger partial charge < -0.3 is 18.6 Å². The SMILES string of the molecule is C1=CC=C(c2cc(-c3ccccc3)ccc2N(c2ccc3ccc4c(N(c5ccc(-c6ccccc6)cc5-c5ccccc5)c5cccc6c5oc5c(C7CCCCC7)cccc56)ccc5ccc2c3c54)c2cccc3c2oc2c(C4CCCCCC4)cccc23)CC=C1. The molecule has 2 aromatic heterocycles. The van der Waals surface area contributed by atoms with Crippen LogP contribution < -0.4 is 9.80 Å². The molecule has 13 aromatic carbocycles. The van der Waals surface area contributed by atoms with Gasteiger partial charge >= 0.3 is 0 Å². The Morgan fingerprint density at radius 1 is 0.287 bits per heavy atom. The number of rotatable bonds is 12. The molecule has 0 spiro atoms. The minimum absolute atomic E-state index is 0.467. The number of hydrogen-bond donors (Lipinski definition) is 0. The summed E-state index contributed by atoms with van der Waals surface area (Å²) < 4.78 is 15.1. The molecule has 0 aliphatic heterocycles. The number of allylic oxidation sites excluding steroid dienone is 6. The first kappa shape index (κ1) is 56.1. The summed E-state index contributed by atoms with van der Waals surface area (Å²) >= 11 is 0. The maximum Gasteiger partial charge on any atom is 0.159 e. The van der Waals surface area contributed by atoms with Gasteiger partial charge in [-0.15, -0.1) is 0 Å². The van der Waals surface area contributed by atoms with Crippen molar-refractivity contribution in [3.63, 3.8) is 0 Å². The molecular weight excluding hydrogens is 1140 g/mol. The molecule has 0 amide bonds. The minimum atomic E-state index is 0.467. The Morgan fingerprint density at radius 2 is 0.713 bits per heavy atom. The molecule has 2 fully saturated rings. The third-order valence-electron chi connectivity index (χ3n) is 21.1. The standard InChI is InChI=1S/C90H72N2O2/c1-2-10-30-61(29-9-1)69-37-21-39-71-73-41-23-43-83(89(73)93-87(69)71)91(81-55-49-67(59-25-13-5-14-26-59)57-77(81)63-33-11-3-4-12-34-63)79-53-47-65-46-52-76-80(54-48-66-45-51-75(79)85(65)86(66)76)92(82-56-50-68(60-27-15-6-16-28-60)58-78(82)64-35-19-8-20-36-64)84-44-24-42-74-72-40-22-38-70(88(72)94-90(74)84)62-31-17-7-18-32-62/h3-6,8,11-16,19-28,33,35-58,61-62H,1-2,7,9-10,17-18,29-32,34H2. The topological polar surface area (TPSA) is 32.8 Å². The second-order valence-corrected chi connectivity index (χ2v) is 26.5. The van der Waals surface area contributed by atoms with Gasteiger partial charge in [0, 0.05) is 43.4 Å². The summed E-state index contributed by atoms with van der Waals surface area (Å²) in [6.45, 7) is 0. The molecule has 4 nitrogen and oxygen atoms in total. The lowest BCUT2D eigenvalue weighted by atomic mass is 9.83. The lowest BCUT2D eigenvalue weighted by Crippen LogP contribution is -2.14. The molecule has 4 heteroatoms. The predicted octanol–water partition coefficient (Wildman–Crippen LogP) is 26.7. The first-order valence-corrected chi connectivity index (χ1v) is 34.3. The fourth-order valence-corrected chi connectivity index (χ4v) is 16.6. The monoisotopic (exact) mass is 1210 g/mol. The van der Waals surface area contributed by atoms with Gasteiger partial charge in [-0.05, 0) is 159 Å². The first-order valence-electron chi connectivity index (χ1n) is 34.3. The molecular formula is C90H72N2O2. The molecule has 2 saturated carbocycles. The van der Waals surface area contributed by atoms with Crippen molar-refractivity contribution < 1.29 is 8.83 Å². The molecule has 0 atom stereocenters. The summed E-state index contributed by atoms with van der Waals surface area (Å²) in [5.74, 6) is 0.944. The van der Waals surface area contributed by atoms with Crippen LogP contribution in [0.4, 0.5) is 34.1 Å². The molecule has 0 radical (unpaired) electrons. The number of anilines is 6. The summed E-state index contributed by atoms with van der Waals surface area (Å²) in [6.07, 6.45) is 25.6. The summed E-state index contributed by atoms with van der Waals surface area (Å²) in [4.78, 5) is 5.07. The van der Waals surface area contributed by atoms with Gasteiger partial charge in [0.15, 0.2) is 11.2 Å². The Hall–Kier alpha value is -10.7. The fourth-order valence-electron chi connectivity index (χ4n) is 16.6. The van der Waals surface area contributed by atoms with Crippen molar-refractivity contribution >= 4 is 116 Å². The quantitative estimate of drug-likeness (QED) is 0.0901. The van der Waals surface area contributed by atoms with Gasteiger partial charge in [0.25, 0.3) is 0 Å². The Bertz CT molecular complexity index is 5460. The molecule has 94 heavy (non-hydrogen) atoms. The van der Waals surface area contributed by atoms with Crippen molar-refractivity contribution in [3.8, 4) is 33.4 Å².